The molecule has 1 amide bonds. The van der Waals surface area contributed by atoms with Crippen LogP contribution in [0.4, 0.5) is 5.69 Å². The summed E-state index contributed by atoms with van der Waals surface area (Å²) in [5.74, 6) is 1.15. The van der Waals surface area contributed by atoms with Crippen molar-refractivity contribution in [1.29, 1.82) is 0 Å². The first-order valence-electron chi connectivity index (χ1n) is 8.82. The first-order valence-corrected chi connectivity index (χ1v) is 8.82. The third-order valence-electron chi connectivity index (χ3n) is 4.73. The summed E-state index contributed by atoms with van der Waals surface area (Å²) in [7, 11) is 3.16. The van der Waals surface area contributed by atoms with E-state index in [1.807, 2.05) is 19.1 Å². The number of fused-ring (bicyclic) bond motifs is 1. The molecule has 8 nitrogen and oxygen atoms in total. The lowest BCUT2D eigenvalue weighted by Gasteiger charge is -2.29. The average Bonchev–Trinajstić information content (AvgIpc) is 2.70. The molecule has 0 atom stereocenters. The highest BCUT2D eigenvalue weighted by Gasteiger charge is 2.24. The molecule has 1 aliphatic heterocycles. The topological polar surface area (TPSA) is 91.1 Å². The van der Waals surface area contributed by atoms with Crippen LogP contribution in [0, 0.1) is 17.0 Å². The second-order valence-electron chi connectivity index (χ2n) is 6.56. The van der Waals surface area contributed by atoms with Gasteiger partial charge in [-0.1, -0.05) is 6.07 Å². The fourth-order valence-electron chi connectivity index (χ4n) is 3.21. The van der Waals surface area contributed by atoms with Crippen LogP contribution in [-0.4, -0.2) is 43.1 Å². The minimum Gasteiger partial charge on any atom is -0.493 e. The first-order chi connectivity index (χ1) is 13.4. The van der Waals surface area contributed by atoms with E-state index < -0.39 is 4.92 Å². The lowest BCUT2D eigenvalue weighted by molar-refractivity contribution is -0.385. The third-order valence-corrected chi connectivity index (χ3v) is 4.73. The fourth-order valence-corrected chi connectivity index (χ4v) is 3.21. The van der Waals surface area contributed by atoms with E-state index in [0.29, 0.717) is 31.0 Å². The number of rotatable bonds is 6. The quantitative estimate of drug-likeness (QED) is 0.560. The van der Waals surface area contributed by atoms with Crippen LogP contribution in [0.1, 0.15) is 16.7 Å². The van der Waals surface area contributed by atoms with Gasteiger partial charge < -0.3 is 19.1 Å². The number of nitrogens with zero attached hydrogens (tertiary/aromatic N) is 2. The van der Waals surface area contributed by atoms with E-state index >= 15 is 0 Å². The van der Waals surface area contributed by atoms with Crippen LogP contribution in [0.25, 0.3) is 0 Å². The summed E-state index contributed by atoms with van der Waals surface area (Å²) in [6, 6.07) is 8.39. The molecule has 0 unspecified atom stereocenters. The number of methoxy groups -OCH3 is 2. The fraction of sp³-hybridized carbons (Fsp3) is 0.350. The molecular weight excluding hydrogens is 364 g/mol. The summed E-state index contributed by atoms with van der Waals surface area (Å²) < 4.78 is 16.1. The molecule has 28 heavy (non-hydrogen) atoms. The molecule has 0 bridgehead atoms. The normalized spacial score (nSPS) is 12.9. The van der Waals surface area contributed by atoms with Gasteiger partial charge in [-0.25, -0.2) is 0 Å². The number of carbonyl (C=O) groups is 1. The van der Waals surface area contributed by atoms with Gasteiger partial charge in [0.2, 0.25) is 0 Å². The van der Waals surface area contributed by atoms with Gasteiger partial charge in [0.15, 0.2) is 23.9 Å². The number of nitro benzene ring substituents is 1. The molecule has 1 heterocycles. The number of benzene rings is 2. The van der Waals surface area contributed by atoms with Gasteiger partial charge in [0, 0.05) is 19.2 Å². The minimum absolute atomic E-state index is 0.0992. The molecule has 3 rings (SSSR count). The zero-order valence-corrected chi connectivity index (χ0v) is 16.1. The molecule has 8 heteroatoms. The van der Waals surface area contributed by atoms with E-state index in [4.69, 9.17) is 14.2 Å². The van der Waals surface area contributed by atoms with Crippen LogP contribution in [0.15, 0.2) is 30.3 Å². The molecule has 0 radical (unpaired) electrons. The van der Waals surface area contributed by atoms with Crippen LogP contribution in [0.3, 0.4) is 0 Å². The van der Waals surface area contributed by atoms with Crippen LogP contribution in [0.5, 0.6) is 17.2 Å². The SMILES string of the molecule is COc1cc2c(cc1OC)CN(C(=O)COc1cc(C)ccc1[N+](=O)[O-])CC2. The lowest BCUT2D eigenvalue weighted by Crippen LogP contribution is -2.38. The summed E-state index contributed by atoms with van der Waals surface area (Å²) in [5, 5.41) is 11.1. The van der Waals surface area contributed by atoms with Crippen LogP contribution < -0.4 is 14.2 Å². The van der Waals surface area contributed by atoms with Gasteiger partial charge in [-0.2, -0.15) is 0 Å². The number of hydrogen-bond acceptors (Lipinski definition) is 6. The molecule has 0 fully saturated rings. The Hall–Kier alpha value is -3.29. The largest absolute Gasteiger partial charge is 0.493 e. The molecular formula is C20H22N2O6. The Morgan fingerprint density at radius 2 is 1.79 bits per heavy atom. The van der Waals surface area contributed by atoms with Crippen molar-refractivity contribution in [2.24, 2.45) is 0 Å². The van der Waals surface area contributed by atoms with Crippen LogP contribution in [0.2, 0.25) is 0 Å². The summed E-state index contributed by atoms with van der Waals surface area (Å²) in [4.78, 5) is 24.9. The monoisotopic (exact) mass is 386 g/mol. The Morgan fingerprint density at radius 1 is 1.11 bits per heavy atom. The standard InChI is InChI=1S/C20H22N2O6/c1-13-4-5-16(22(24)25)17(8-13)28-12-20(23)21-7-6-14-9-18(26-2)19(27-3)10-15(14)11-21/h4-5,8-10H,6-7,11-12H2,1-3H3. The average molecular weight is 386 g/mol. The number of ether oxygens (including phenoxy) is 3. The van der Waals surface area contributed by atoms with Crippen molar-refractivity contribution in [3.8, 4) is 17.2 Å². The first kappa shape index (κ1) is 19.5. The van der Waals surface area contributed by atoms with Gasteiger partial charge in [-0.3, -0.25) is 14.9 Å². The van der Waals surface area contributed by atoms with Crippen molar-refractivity contribution in [3.05, 3.63) is 57.1 Å². The second-order valence-corrected chi connectivity index (χ2v) is 6.56. The Balaban J connectivity index is 1.70. The van der Waals surface area contributed by atoms with E-state index in [-0.39, 0.29) is 24.0 Å². The highest BCUT2D eigenvalue weighted by Crippen LogP contribution is 2.33. The number of hydrogen-bond donors (Lipinski definition) is 0. The summed E-state index contributed by atoms with van der Waals surface area (Å²) in [6.07, 6.45) is 0.687. The van der Waals surface area contributed by atoms with E-state index in [0.717, 1.165) is 16.7 Å². The zero-order valence-electron chi connectivity index (χ0n) is 16.1. The maximum atomic E-state index is 12.6. The molecule has 0 spiro atoms. The Bertz CT molecular complexity index is 912. The third kappa shape index (κ3) is 4.00. The molecule has 0 saturated heterocycles. The second kappa shape index (κ2) is 8.16. The minimum atomic E-state index is -0.518. The molecule has 0 N–H and O–H groups in total. The smallest absolute Gasteiger partial charge is 0.310 e. The predicted molar refractivity (Wildman–Crippen MR) is 102 cm³/mol. The molecule has 0 aliphatic carbocycles. The van der Waals surface area contributed by atoms with Gasteiger partial charge in [0.05, 0.1) is 19.1 Å². The summed E-state index contributed by atoms with van der Waals surface area (Å²) in [6.45, 7) is 2.52. The molecule has 1 aliphatic rings. The van der Waals surface area contributed by atoms with Crippen molar-refractivity contribution in [2.45, 2.75) is 19.9 Å². The molecule has 2 aromatic carbocycles. The van der Waals surface area contributed by atoms with E-state index in [9.17, 15) is 14.9 Å². The van der Waals surface area contributed by atoms with Crippen molar-refractivity contribution in [2.75, 3.05) is 27.4 Å². The highest BCUT2D eigenvalue weighted by atomic mass is 16.6. The highest BCUT2D eigenvalue weighted by molar-refractivity contribution is 5.78. The van der Waals surface area contributed by atoms with E-state index in [2.05, 4.69) is 0 Å². The van der Waals surface area contributed by atoms with Gasteiger partial charge in [0.1, 0.15) is 0 Å². The van der Waals surface area contributed by atoms with Gasteiger partial charge in [-0.15, -0.1) is 0 Å². The molecule has 148 valence electrons. The number of aryl methyl sites for hydroxylation is 1. The maximum Gasteiger partial charge on any atom is 0.310 e. The van der Waals surface area contributed by atoms with Crippen molar-refractivity contribution < 1.29 is 23.9 Å². The van der Waals surface area contributed by atoms with Crippen LogP contribution >= 0.6 is 0 Å². The van der Waals surface area contributed by atoms with Crippen molar-refractivity contribution in [1.82, 2.24) is 4.90 Å². The number of amides is 1. The number of carbonyl (C=O) groups excluding carboxylic acids is 1. The summed E-state index contributed by atoms with van der Waals surface area (Å²) >= 11 is 0. The lowest BCUT2D eigenvalue weighted by atomic mass is 9.99. The van der Waals surface area contributed by atoms with Crippen molar-refractivity contribution >= 4 is 11.6 Å². The van der Waals surface area contributed by atoms with E-state index in [1.165, 1.54) is 6.07 Å². The Kier molecular flexibility index (Phi) is 5.67. The van der Waals surface area contributed by atoms with Crippen LogP contribution in [-0.2, 0) is 17.8 Å². The molecule has 2 aromatic rings. The van der Waals surface area contributed by atoms with Gasteiger partial charge in [0.25, 0.3) is 5.91 Å². The van der Waals surface area contributed by atoms with Gasteiger partial charge in [-0.05, 0) is 48.2 Å². The molecule has 0 saturated carbocycles. The summed E-state index contributed by atoms with van der Waals surface area (Å²) in [5.41, 5.74) is 2.76. The Labute approximate surface area is 162 Å². The molecule has 0 aromatic heterocycles. The zero-order chi connectivity index (χ0) is 20.3. The van der Waals surface area contributed by atoms with Gasteiger partial charge >= 0.3 is 5.69 Å². The van der Waals surface area contributed by atoms with Crippen molar-refractivity contribution in [3.63, 3.8) is 0 Å². The predicted octanol–water partition coefficient (Wildman–Crippen LogP) is 2.88. The Morgan fingerprint density at radius 3 is 2.43 bits per heavy atom. The van der Waals surface area contributed by atoms with E-state index in [1.54, 1.807) is 31.3 Å². The number of nitro groups is 1. The maximum absolute atomic E-state index is 12.6.